The van der Waals surface area contributed by atoms with Crippen molar-refractivity contribution >= 4 is 11.9 Å². The van der Waals surface area contributed by atoms with E-state index in [1.54, 1.807) is 29.1 Å². The zero-order valence-corrected chi connectivity index (χ0v) is 21.7. The van der Waals surface area contributed by atoms with Crippen LogP contribution >= 0.6 is 0 Å². The number of urea groups is 1. The van der Waals surface area contributed by atoms with Gasteiger partial charge in [0.05, 0.1) is 19.2 Å². The SMILES string of the molecule is CC(C)NC(=O)N(C)C[C@H]1Oc2ncc(C#CCC3CCCC3)cc2C(=O)N([C@@H](C)CO)C[C@H]1C. The standard InChI is InChI=1S/C27H40N4O4/c1-18(2)29-27(34)30(5)16-24-19(3)15-31(20(4)17-32)26(33)23-13-22(14-28-25(23)35-24)12-8-11-21-9-6-7-10-21/h13-14,18-21,24,32H,6-7,9-11,15-17H2,1-5H3,(H,29,34)/t19-,20+,24-/m1/s1. The Kier molecular flexibility index (Phi) is 9.39. The van der Waals surface area contributed by atoms with E-state index in [4.69, 9.17) is 4.74 Å². The molecular formula is C27H40N4O4. The van der Waals surface area contributed by atoms with Crippen molar-refractivity contribution in [2.45, 2.75) is 78.0 Å². The Balaban J connectivity index is 1.87. The fourth-order valence-corrected chi connectivity index (χ4v) is 4.61. The quantitative estimate of drug-likeness (QED) is 0.605. The molecule has 0 aromatic carbocycles. The number of aliphatic hydroxyl groups excluding tert-OH is 1. The van der Waals surface area contributed by atoms with Crippen molar-refractivity contribution in [3.8, 4) is 17.7 Å². The summed E-state index contributed by atoms with van der Waals surface area (Å²) >= 11 is 0. The highest BCUT2D eigenvalue weighted by molar-refractivity contribution is 5.97. The van der Waals surface area contributed by atoms with Gasteiger partial charge in [-0.2, -0.15) is 0 Å². The Bertz CT molecular complexity index is 948. The molecule has 1 aromatic heterocycles. The van der Waals surface area contributed by atoms with Crippen LogP contribution in [0.15, 0.2) is 12.3 Å². The lowest BCUT2D eigenvalue weighted by Crippen LogP contribution is -2.51. The highest BCUT2D eigenvalue weighted by Crippen LogP contribution is 2.28. The maximum atomic E-state index is 13.5. The van der Waals surface area contributed by atoms with Crippen LogP contribution in [0.1, 0.15) is 75.7 Å². The van der Waals surface area contributed by atoms with Gasteiger partial charge in [0, 0.05) is 43.7 Å². The number of hydrogen-bond donors (Lipinski definition) is 2. The Morgan fingerprint density at radius 2 is 2.06 bits per heavy atom. The van der Waals surface area contributed by atoms with Crippen molar-refractivity contribution in [2.75, 3.05) is 26.7 Å². The van der Waals surface area contributed by atoms with Crippen molar-refractivity contribution in [3.63, 3.8) is 0 Å². The number of nitrogens with one attached hydrogen (secondary N) is 1. The molecule has 2 heterocycles. The van der Waals surface area contributed by atoms with Gasteiger partial charge in [0.15, 0.2) is 0 Å². The molecule has 1 aliphatic carbocycles. The molecule has 8 nitrogen and oxygen atoms in total. The van der Waals surface area contributed by atoms with Crippen LogP contribution in [0.3, 0.4) is 0 Å². The summed E-state index contributed by atoms with van der Waals surface area (Å²) in [5.74, 6) is 7.01. The third kappa shape index (κ3) is 7.11. The first kappa shape index (κ1) is 26.8. The lowest BCUT2D eigenvalue weighted by molar-refractivity contribution is 0.0351. The first-order chi connectivity index (χ1) is 16.7. The molecule has 2 N–H and O–H groups in total. The number of ether oxygens (including phenoxy) is 1. The highest BCUT2D eigenvalue weighted by Gasteiger charge is 2.34. The van der Waals surface area contributed by atoms with Gasteiger partial charge in [0.25, 0.3) is 5.91 Å². The van der Waals surface area contributed by atoms with Gasteiger partial charge in [-0.3, -0.25) is 4.79 Å². The van der Waals surface area contributed by atoms with Crippen LogP contribution in [0.25, 0.3) is 0 Å². The van der Waals surface area contributed by atoms with Crippen LogP contribution in [-0.4, -0.2) is 76.8 Å². The second-order valence-electron chi connectivity index (χ2n) is 10.3. The monoisotopic (exact) mass is 484 g/mol. The van der Waals surface area contributed by atoms with Gasteiger partial charge in [-0.25, -0.2) is 9.78 Å². The van der Waals surface area contributed by atoms with Gasteiger partial charge in [-0.15, -0.1) is 0 Å². The second kappa shape index (κ2) is 12.3. The van der Waals surface area contributed by atoms with Crippen LogP contribution in [0.2, 0.25) is 0 Å². The van der Waals surface area contributed by atoms with E-state index >= 15 is 0 Å². The van der Waals surface area contributed by atoms with E-state index in [9.17, 15) is 14.7 Å². The number of carbonyl (C=O) groups excluding carboxylic acids is 2. The fraction of sp³-hybridized carbons (Fsp3) is 0.667. The number of hydrogen-bond acceptors (Lipinski definition) is 5. The average molecular weight is 485 g/mol. The molecule has 3 amide bonds. The second-order valence-corrected chi connectivity index (χ2v) is 10.3. The Morgan fingerprint density at radius 3 is 2.71 bits per heavy atom. The minimum absolute atomic E-state index is 0.0229. The van der Waals surface area contributed by atoms with Crippen molar-refractivity contribution in [1.82, 2.24) is 20.1 Å². The molecule has 0 saturated heterocycles. The molecule has 0 spiro atoms. The number of fused-ring (bicyclic) bond motifs is 1. The molecule has 0 radical (unpaired) electrons. The Morgan fingerprint density at radius 1 is 1.34 bits per heavy atom. The van der Waals surface area contributed by atoms with E-state index in [2.05, 4.69) is 22.1 Å². The molecule has 1 fully saturated rings. The summed E-state index contributed by atoms with van der Waals surface area (Å²) in [7, 11) is 1.73. The molecule has 192 valence electrons. The maximum absolute atomic E-state index is 13.5. The smallest absolute Gasteiger partial charge is 0.317 e. The van der Waals surface area contributed by atoms with E-state index in [1.807, 2.05) is 27.7 Å². The van der Waals surface area contributed by atoms with Crippen molar-refractivity contribution in [3.05, 3.63) is 23.4 Å². The summed E-state index contributed by atoms with van der Waals surface area (Å²) in [5.41, 5.74) is 1.01. The number of aliphatic hydroxyl groups is 1. The number of likely N-dealkylation sites (N-methyl/N-ethyl adjacent to an activating group) is 1. The number of pyridine rings is 1. The number of aromatic nitrogens is 1. The Labute approximate surface area is 209 Å². The Hall–Kier alpha value is -2.79. The van der Waals surface area contributed by atoms with Crippen molar-refractivity contribution in [2.24, 2.45) is 11.8 Å². The molecule has 0 bridgehead atoms. The van der Waals surface area contributed by atoms with Crippen molar-refractivity contribution in [1.29, 1.82) is 0 Å². The van der Waals surface area contributed by atoms with Crippen LogP contribution < -0.4 is 10.1 Å². The zero-order valence-electron chi connectivity index (χ0n) is 21.7. The van der Waals surface area contributed by atoms with E-state index in [1.165, 1.54) is 25.7 Å². The van der Waals surface area contributed by atoms with E-state index < -0.39 is 0 Å². The topological polar surface area (TPSA) is 95.0 Å². The first-order valence-corrected chi connectivity index (χ1v) is 12.8. The van der Waals surface area contributed by atoms with Crippen molar-refractivity contribution < 1.29 is 19.4 Å². The lowest BCUT2D eigenvalue weighted by atomic mass is 10.00. The predicted molar refractivity (Wildman–Crippen MR) is 135 cm³/mol. The van der Waals surface area contributed by atoms with Crippen LogP contribution in [-0.2, 0) is 0 Å². The largest absolute Gasteiger partial charge is 0.472 e. The number of rotatable bonds is 6. The molecule has 35 heavy (non-hydrogen) atoms. The van der Waals surface area contributed by atoms with Crippen LogP contribution in [0.4, 0.5) is 4.79 Å². The minimum Gasteiger partial charge on any atom is -0.472 e. The molecule has 1 aliphatic heterocycles. The van der Waals surface area contributed by atoms with E-state index in [0.717, 1.165) is 6.42 Å². The summed E-state index contributed by atoms with van der Waals surface area (Å²) in [6, 6.07) is 1.21. The molecule has 3 atom stereocenters. The van der Waals surface area contributed by atoms with Crippen LogP contribution in [0.5, 0.6) is 5.88 Å². The first-order valence-electron chi connectivity index (χ1n) is 12.8. The number of amides is 3. The molecule has 2 aliphatic rings. The molecule has 1 saturated carbocycles. The summed E-state index contributed by atoms with van der Waals surface area (Å²) in [6.45, 7) is 8.20. The molecule has 8 heteroatoms. The number of nitrogens with zero attached hydrogens (tertiary/aromatic N) is 3. The predicted octanol–water partition coefficient (Wildman–Crippen LogP) is 3.28. The molecular weight excluding hydrogens is 444 g/mol. The van der Waals surface area contributed by atoms with Gasteiger partial charge in [-0.05, 0) is 45.6 Å². The average Bonchev–Trinajstić information content (AvgIpc) is 3.34. The van der Waals surface area contributed by atoms with Gasteiger partial charge in [0.1, 0.15) is 11.7 Å². The summed E-state index contributed by atoms with van der Waals surface area (Å²) in [4.78, 5) is 33.7. The van der Waals surface area contributed by atoms with Gasteiger partial charge >= 0.3 is 6.03 Å². The zero-order chi connectivity index (χ0) is 25.5. The molecule has 1 aromatic rings. The summed E-state index contributed by atoms with van der Waals surface area (Å²) < 4.78 is 6.26. The molecule has 0 unspecified atom stereocenters. The van der Waals surface area contributed by atoms with E-state index in [0.29, 0.717) is 30.1 Å². The molecule has 3 rings (SSSR count). The highest BCUT2D eigenvalue weighted by atomic mass is 16.5. The summed E-state index contributed by atoms with van der Waals surface area (Å²) in [6.07, 6.45) is 7.16. The summed E-state index contributed by atoms with van der Waals surface area (Å²) in [5, 5.41) is 12.7. The van der Waals surface area contributed by atoms with E-state index in [-0.39, 0.29) is 48.5 Å². The third-order valence-electron chi connectivity index (χ3n) is 6.83. The fourth-order valence-electron chi connectivity index (χ4n) is 4.61. The third-order valence-corrected chi connectivity index (χ3v) is 6.83. The van der Waals surface area contributed by atoms with Gasteiger partial charge in [0.2, 0.25) is 5.88 Å². The maximum Gasteiger partial charge on any atom is 0.317 e. The van der Waals surface area contributed by atoms with Gasteiger partial charge < -0.3 is 25.0 Å². The minimum atomic E-state index is -0.384. The normalized spacial score (nSPS) is 21.3. The lowest BCUT2D eigenvalue weighted by Gasteiger charge is -2.37. The van der Waals surface area contributed by atoms with Crippen LogP contribution in [0, 0.1) is 23.7 Å². The van der Waals surface area contributed by atoms with Gasteiger partial charge in [-0.1, -0.05) is 31.6 Å². The number of carbonyl (C=O) groups is 2.